The van der Waals surface area contributed by atoms with Crippen LogP contribution in [0.4, 0.5) is 0 Å². The molecule has 2 nitrogen and oxygen atoms in total. The van der Waals surface area contributed by atoms with Gasteiger partial charge in [-0.25, -0.2) is 0 Å². The lowest BCUT2D eigenvalue weighted by molar-refractivity contribution is 0.180. The van der Waals surface area contributed by atoms with E-state index in [0.717, 1.165) is 18.5 Å². The molecule has 2 aliphatic heterocycles. The summed E-state index contributed by atoms with van der Waals surface area (Å²) in [6, 6.07) is 10.7. The zero-order valence-electron chi connectivity index (χ0n) is 13.6. The fourth-order valence-electron chi connectivity index (χ4n) is 4.00. The van der Waals surface area contributed by atoms with Gasteiger partial charge in [0.1, 0.15) is 0 Å². The third kappa shape index (κ3) is 3.87. The molecule has 2 saturated heterocycles. The molecule has 0 saturated carbocycles. The molecule has 2 heterocycles. The first-order valence-electron chi connectivity index (χ1n) is 8.77. The largest absolute Gasteiger partial charge is 0.308 e. The van der Waals surface area contributed by atoms with Crippen LogP contribution in [-0.4, -0.2) is 30.1 Å². The third-order valence-electron chi connectivity index (χ3n) is 5.09. The standard InChI is InChI=1S/C19H30N2/c1-15(2)13-16-6-8-17(9-7-16)14-20-18-10-12-21-11-4-3-5-19(18)21/h6-9,15,18-20H,3-5,10-14H2,1-2H3. The van der Waals surface area contributed by atoms with E-state index >= 15 is 0 Å². The summed E-state index contributed by atoms with van der Waals surface area (Å²) in [5, 5.41) is 3.82. The smallest absolute Gasteiger partial charge is 0.0249 e. The summed E-state index contributed by atoms with van der Waals surface area (Å²) in [7, 11) is 0. The number of piperidine rings is 1. The highest BCUT2D eigenvalue weighted by atomic mass is 15.2. The summed E-state index contributed by atoms with van der Waals surface area (Å²) < 4.78 is 0. The zero-order valence-corrected chi connectivity index (χ0v) is 13.6. The van der Waals surface area contributed by atoms with Crippen LogP contribution in [0.25, 0.3) is 0 Å². The molecule has 2 fully saturated rings. The quantitative estimate of drug-likeness (QED) is 0.889. The first-order chi connectivity index (χ1) is 10.2. The van der Waals surface area contributed by atoms with Gasteiger partial charge in [0.2, 0.25) is 0 Å². The highest BCUT2D eigenvalue weighted by Crippen LogP contribution is 2.27. The summed E-state index contributed by atoms with van der Waals surface area (Å²) >= 11 is 0. The molecule has 1 N–H and O–H groups in total. The van der Waals surface area contributed by atoms with Gasteiger partial charge in [0, 0.05) is 25.2 Å². The maximum Gasteiger partial charge on any atom is 0.0249 e. The van der Waals surface area contributed by atoms with Crippen molar-refractivity contribution in [2.24, 2.45) is 5.92 Å². The number of hydrogen-bond donors (Lipinski definition) is 1. The van der Waals surface area contributed by atoms with Gasteiger partial charge in [0.25, 0.3) is 0 Å². The first-order valence-corrected chi connectivity index (χ1v) is 8.77. The van der Waals surface area contributed by atoms with E-state index in [-0.39, 0.29) is 0 Å². The van der Waals surface area contributed by atoms with Crippen LogP contribution in [-0.2, 0) is 13.0 Å². The van der Waals surface area contributed by atoms with E-state index in [9.17, 15) is 0 Å². The average molecular weight is 286 g/mol. The lowest BCUT2D eigenvalue weighted by Crippen LogP contribution is -2.44. The van der Waals surface area contributed by atoms with E-state index in [1.807, 2.05) is 0 Å². The number of nitrogens with one attached hydrogen (secondary N) is 1. The van der Waals surface area contributed by atoms with Gasteiger partial charge in [-0.05, 0) is 49.3 Å². The van der Waals surface area contributed by atoms with Crippen LogP contribution in [0.15, 0.2) is 24.3 Å². The zero-order chi connectivity index (χ0) is 14.7. The molecule has 2 unspecified atom stereocenters. The van der Waals surface area contributed by atoms with Crippen molar-refractivity contribution in [1.29, 1.82) is 0 Å². The molecule has 0 aromatic heterocycles. The lowest BCUT2D eigenvalue weighted by Gasteiger charge is -2.32. The van der Waals surface area contributed by atoms with Gasteiger partial charge in [-0.3, -0.25) is 4.90 Å². The summed E-state index contributed by atoms with van der Waals surface area (Å²) in [6.45, 7) is 8.22. The predicted octanol–water partition coefficient (Wildman–Crippen LogP) is 3.60. The van der Waals surface area contributed by atoms with Crippen molar-refractivity contribution in [2.75, 3.05) is 13.1 Å². The predicted molar refractivity (Wildman–Crippen MR) is 89.4 cm³/mol. The molecule has 2 atom stereocenters. The molecule has 0 bridgehead atoms. The molecule has 0 spiro atoms. The average Bonchev–Trinajstić information content (AvgIpc) is 2.89. The molecule has 0 radical (unpaired) electrons. The summed E-state index contributed by atoms with van der Waals surface area (Å²) in [6.07, 6.45) is 6.73. The van der Waals surface area contributed by atoms with Gasteiger partial charge in [0.15, 0.2) is 0 Å². The third-order valence-corrected chi connectivity index (χ3v) is 5.09. The second kappa shape index (κ2) is 6.93. The maximum absolute atomic E-state index is 3.82. The number of nitrogens with zero attached hydrogens (tertiary/aromatic N) is 1. The summed E-state index contributed by atoms with van der Waals surface area (Å²) in [5.74, 6) is 0.741. The van der Waals surface area contributed by atoms with Gasteiger partial charge >= 0.3 is 0 Å². The Hall–Kier alpha value is -0.860. The highest BCUT2D eigenvalue weighted by Gasteiger charge is 2.34. The van der Waals surface area contributed by atoms with E-state index in [2.05, 4.69) is 48.3 Å². The van der Waals surface area contributed by atoms with Crippen molar-refractivity contribution < 1.29 is 0 Å². The Morgan fingerprint density at radius 1 is 1.05 bits per heavy atom. The van der Waals surface area contributed by atoms with Gasteiger partial charge in [-0.15, -0.1) is 0 Å². The molecule has 116 valence electrons. The number of benzene rings is 1. The molecule has 0 amide bonds. The van der Waals surface area contributed by atoms with Crippen LogP contribution in [0.2, 0.25) is 0 Å². The number of rotatable bonds is 5. The maximum atomic E-state index is 3.82. The van der Waals surface area contributed by atoms with Crippen LogP contribution in [0.3, 0.4) is 0 Å². The second-order valence-corrected chi connectivity index (χ2v) is 7.29. The number of fused-ring (bicyclic) bond motifs is 1. The van der Waals surface area contributed by atoms with Crippen molar-refractivity contribution in [3.05, 3.63) is 35.4 Å². The molecule has 2 aliphatic rings. The second-order valence-electron chi connectivity index (χ2n) is 7.29. The Morgan fingerprint density at radius 3 is 2.57 bits per heavy atom. The molecule has 1 aromatic carbocycles. The molecule has 21 heavy (non-hydrogen) atoms. The minimum absolute atomic E-state index is 0.709. The summed E-state index contributed by atoms with van der Waals surface area (Å²) in [4.78, 5) is 2.70. The van der Waals surface area contributed by atoms with E-state index < -0.39 is 0 Å². The Kier molecular flexibility index (Phi) is 4.97. The van der Waals surface area contributed by atoms with Crippen molar-refractivity contribution in [1.82, 2.24) is 10.2 Å². The summed E-state index contributed by atoms with van der Waals surface area (Å²) in [5.41, 5.74) is 2.89. The topological polar surface area (TPSA) is 15.3 Å². The van der Waals surface area contributed by atoms with Gasteiger partial charge in [-0.2, -0.15) is 0 Å². The van der Waals surface area contributed by atoms with Crippen molar-refractivity contribution in [2.45, 2.75) is 64.6 Å². The normalized spacial score (nSPS) is 26.2. The van der Waals surface area contributed by atoms with Crippen LogP contribution >= 0.6 is 0 Å². The molecule has 3 rings (SSSR count). The Labute approximate surface area is 129 Å². The Morgan fingerprint density at radius 2 is 1.81 bits per heavy atom. The molecular formula is C19H30N2. The lowest BCUT2D eigenvalue weighted by atomic mass is 9.98. The van der Waals surface area contributed by atoms with Gasteiger partial charge in [-0.1, -0.05) is 44.5 Å². The minimum atomic E-state index is 0.709. The van der Waals surface area contributed by atoms with E-state index in [0.29, 0.717) is 6.04 Å². The first kappa shape index (κ1) is 15.1. The Balaban J connectivity index is 1.50. The van der Waals surface area contributed by atoms with Gasteiger partial charge in [0.05, 0.1) is 0 Å². The van der Waals surface area contributed by atoms with Crippen LogP contribution in [0.5, 0.6) is 0 Å². The van der Waals surface area contributed by atoms with E-state index in [1.54, 1.807) is 0 Å². The van der Waals surface area contributed by atoms with Crippen LogP contribution in [0.1, 0.15) is 50.7 Å². The molecular weight excluding hydrogens is 256 g/mol. The van der Waals surface area contributed by atoms with E-state index in [1.165, 1.54) is 56.3 Å². The monoisotopic (exact) mass is 286 g/mol. The fraction of sp³-hybridized carbons (Fsp3) is 0.684. The van der Waals surface area contributed by atoms with Crippen molar-refractivity contribution in [3.63, 3.8) is 0 Å². The molecule has 2 heteroatoms. The van der Waals surface area contributed by atoms with Crippen LogP contribution in [0, 0.1) is 5.92 Å². The van der Waals surface area contributed by atoms with Crippen molar-refractivity contribution in [3.8, 4) is 0 Å². The molecule has 1 aromatic rings. The fourth-order valence-corrected chi connectivity index (χ4v) is 4.00. The minimum Gasteiger partial charge on any atom is -0.308 e. The Bertz CT molecular complexity index is 437. The SMILES string of the molecule is CC(C)Cc1ccc(CNC2CCN3CCCCC23)cc1. The highest BCUT2D eigenvalue weighted by molar-refractivity contribution is 5.23. The van der Waals surface area contributed by atoms with Crippen LogP contribution < -0.4 is 5.32 Å². The molecule has 0 aliphatic carbocycles. The van der Waals surface area contributed by atoms with Gasteiger partial charge < -0.3 is 5.32 Å². The number of hydrogen-bond acceptors (Lipinski definition) is 2. The van der Waals surface area contributed by atoms with Crippen molar-refractivity contribution >= 4 is 0 Å². The van der Waals surface area contributed by atoms with E-state index in [4.69, 9.17) is 0 Å².